The molecular weight excluding hydrogens is 393 g/mol. The molecule has 2 aromatic rings. The van der Waals surface area contributed by atoms with Crippen molar-refractivity contribution in [2.75, 3.05) is 5.32 Å². The number of nitrogens with one attached hydrogen (secondary N) is 1. The van der Waals surface area contributed by atoms with Gasteiger partial charge in [-0.3, -0.25) is 9.59 Å². The molecule has 1 N–H and O–H groups in total. The second-order valence-electron chi connectivity index (χ2n) is 4.81. The van der Waals surface area contributed by atoms with E-state index in [0.29, 0.717) is 11.3 Å². The first-order valence-electron chi connectivity index (χ1n) is 6.80. The molecule has 4 nitrogen and oxygen atoms in total. The highest BCUT2D eigenvalue weighted by Gasteiger charge is 2.16. The average Bonchev–Trinajstić information content (AvgIpc) is 2.49. The van der Waals surface area contributed by atoms with Gasteiger partial charge in [-0.2, -0.15) is 0 Å². The van der Waals surface area contributed by atoms with Crippen LogP contribution in [0.1, 0.15) is 24.2 Å². The van der Waals surface area contributed by atoms with E-state index in [-0.39, 0.29) is 11.7 Å². The minimum absolute atomic E-state index is 0.0404. The summed E-state index contributed by atoms with van der Waals surface area (Å²) in [7, 11) is 0. The third kappa shape index (κ3) is 4.30. The van der Waals surface area contributed by atoms with E-state index in [1.165, 1.54) is 6.92 Å². The van der Waals surface area contributed by atoms with Gasteiger partial charge in [0.2, 0.25) is 0 Å². The Hall–Kier alpha value is -1.89. The van der Waals surface area contributed by atoms with Gasteiger partial charge in [0.1, 0.15) is 5.75 Å². The normalized spacial score (nSPS) is 11.6. The number of anilines is 1. The summed E-state index contributed by atoms with van der Waals surface area (Å²) in [5, 5.41) is 2.83. The molecule has 2 rings (SSSR count). The van der Waals surface area contributed by atoms with Crippen LogP contribution in [0.4, 0.5) is 5.69 Å². The molecule has 0 unspecified atom stereocenters. The molecule has 0 aliphatic heterocycles. The Labute approximate surface area is 143 Å². The summed E-state index contributed by atoms with van der Waals surface area (Å²) in [4.78, 5) is 23.5. The number of carbonyl (C=O) groups excluding carboxylic acids is 2. The van der Waals surface area contributed by atoms with Crippen LogP contribution in [0.2, 0.25) is 0 Å². The highest BCUT2D eigenvalue weighted by atomic mass is 127. The van der Waals surface area contributed by atoms with E-state index < -0.39 is 6.10 Å². The van der Waals surface area contributed by atoms with Crippen LogP contribution in [-0.2, 0) is 4.79 Å². The lowest BCUT2D eigenvalue weighted by Gasteiger charge is -2.15. The first-order valence-corrected chi connectivity index (χ1v) is 7.88. The van der Waals surface area contributed by atoms with E-state index in [0.717, 1.165) is 9.26 Å². The van der Waals surface area contributed by atoms with Crippen LogP contribution in [0.25, 0.3) is 0 Å². The zero-order chi connectivity index (χ0) is 16.1. The highest BCUT2D eigenvalue weighted by molar-refractivity contribution is 14.1. The lowest BCUT2D eigenvalue weighted by molar-refractivity contribution is -0.122. The molecule has 5 heteroatoms. The summed E-state index contributed by atoms with van der Waals surface area (Å²) in [6, 6.07) is 14.3. The van der Waals surface area contributed by atoms with E-state index in [9.17, 15) is 9.59 Å². The van der Waals surface area contributed by atoms with Gasteiger partial charge < -0.3 is 10.1 Å². The molecule has 2 aromatic carbocycles. The van der Waals surface area contributed by atoms with Gasteiger partial charge in [-0.1, -0.05) is 24.3 Å². The van der Waals surface area contributed by atoms with Gasteiger partial charge in [0.05, 0.1) is 5.69 Å². The van der Waals surface area contributed by atoms with Crippen molar-refractivity contribution in [2.24, 2.45) is 0 Å². The van der Waals surface area contributed by atoms with Crippen LogP contribution in [0.15, 0.2) is 48.5 Å². The van der Waals surface area contributed by atoms with Gasteiger partial charge in [-0.15, -0.1) is 0 Å². The molecule has 0 fully saturated rings. The predicted octanol–water partition coefficient (Wildman–Crippen LogP) is 3.90. The number of para-hydroxylation sites is 1. The second kappa shape index (κ2) is 7.40. The molecule has 22 heavy (non-hydrogen) atoms. The van der Waals surface area contributed by atoms with Crippen molar-refractivity contribution in [3.8, 4) is 5.75 Å². The largest absolute Gasteiger partial charge is 0.481 e. The zero-order valence-electron chi connectivity index (χ0n) is 12.3. The Bertz CT molecular complexity index is 700. The van der Waals surface area contributed by atoms with Crippen LogP contribution in [0.3, 0.4) is 0 Å². The molecule has 0 spiro atoms. The minimum atomic E-state index is -0.668. The summed E-state index contributed by atoms with van der Waals surface area (Å²) in [5.74, 6) is 0.219. The Morgan fingerprint density at radius 2 is 1.86 bits per heavy atom. The van der Waals surface area contributed by atoms with Gasteiger partial charge in [0.25, 0.3) is 5.91 Å². The van der Waals surface area contributed by atoms with Crippen molar-refractivity contribution in [1.82, 2.24) is 0 Å². The Kier molecular flexibility index (Phi) is 5.54. The van der Waals surface area contributed by atoms with E-state index in [1.807, 2.05) is 24.3 Å². The quantitative estimate of drug-likeness (QED) is 0.602. The molecule has 0 bridgehead atoms. The molecule has 1 amide bonds. The summed E-state index contributed by atoms with van der Waals surface area (Å²) in [6.07, 6.45) is -0.668. The monoisotopic (exact) mass is 409 g/mol. The van der Waals surface area contributed by atoms with Gasteiger partial charge in [-0.05, 0) is 60.7 Å². The number of benzene rings is 2. The van der Waals surface area contributed by atoms with Crippen LogP contribution in [-0.4, -0.2) is 17.8 Å². The van der Waals surface area contributed by atoms with Crippen molar-refractivity contribution < 1.29 is 14.3 Å². The van der Waals surface area contributed by atoms with E-state index in [2.05, 4.69) is 27.9 Å². The van der Waals surface area contributed by atoms with Crippen LogP contribution >= 0.6 is 22.6 Å². The smallest absolute Gasteiger partial charge is 0.265 e. The maximum Gasteiger partial charge on any atom is 0.265 e. The van der Waals surface area contributed by atoms with Crippen molar-refractivity contribution in [3.05, 3.63) is 57.7 Å². The second-order valence-corrected chi connectivity index (χ2v) is 5.98. The highest BCUT2D eigenvalue weighted by Crippen LogP contribution is 2.19. The molecule has 0 aliphatic carbocycles. The predicted molar refractivity (Wildman–Crippen MR) is 94.3 cm³/mol. The van der Waals surface area contributed by atoms with Crippen LogP contribution in [0.5, 0.6) is 5.75 Å². The first kappa shape index (κ1) is 16.5. The molecule has 114 valence electrons. The van der Waals surface area contributed by atoms with Gasteiger partial charge in [-0.25, -0.2) is 0 Å². The summed E-state index contributed by atoms with van der Waals surface area (Å²) < 4.78 is 6.57. The van der Waals surface area contributed by atoms with Crippen molar-refractivity contribution in [1.29, 1.82) is 0 Å². The fraction of sp³-hybridized carbons (Fsp3) is 0.176. The fourth-order valence-electron chi connectivity index (χ4n) is 1.84. The van der Waals surface area contributed by atoms with E-state index in [1.54, 1.807) is 31.2 Å². The molecule has 0 aliphatic rings. The number of Topliss-reactive ketones (excluding diaryl/α,β-unsaturated/α-hetero) is 1. The number of rotatable bonds is 5. The van der Waals surface area contributed by atoms with Crippen LogP contribution < -0.4 is 10.1 Å². The standard InChI is InChI=1S/C17H16INO3/c1-11(20)13-6-5-7-14(10-13)22-12(2)17(21)19-16-9-4-3-8-15(16)18/h3-10,12H,1-2H3,(H,19,21)/t12-/m0/s1. The summed E-state index contributed by atoms with van der Waals surface area (Å²) in [6.45, 7) is 3.16. The molecule has 1 atom stereocenters. The van der Waals surface area contributed by atoms with E-state index >= 15 is 0 Å². The number of amides is 1. The van der Waals surface area contributed by atoms with Gasteiger partial charge in [0, 0.05) is 9.13 Å². The van der Waals surface area contributed by atoms with Crippen molar-refractivity contribution >= 4 is 40.0 Å². The topological polar surface area (TPSA) is 55.4 Å². The number of hydrogen-bond donors (Lipinski definition) is 1. The molecule has 0 radical (unpaired) electrons. The maximum atomic E-state index is 12.2. The lowest BCUT2D eigenvalue weighted by atomic mass is 10.1. The third-order valence-corrected chi connectivity index (χ3v) is 4.00. The van der Waals surface area contributed by atoms with Gasteiger partial charge >= 0.3 is 0 Å². The molecule has 0 aromatic heterocycles. The van der Waals surface area contributed by atoms with Crippen LogP contribution in [0, 0.1) is 3.57 Å². The molecular formula is C17H16INO3. The van der Waals surface area contributed by atoms with Gasteiger partial charge in [0.15, 0.2) is 11.9 Å². The number of ketones is 1. The lowest BCUT2D eigenvalue weighted by Crippen LogP contribution is -2.30. The Morgan fingerprint density at radius 3 is 2.55 bits per heavy atom. The van der Waals surface area contributed by atoms with Crippen molar-refractivity contribution in [3.63, 3.8) is 0 Å². The number of hydrogen-bond acceptors (Lipinski definition) is 3. The minimum Gasteiger partial charge on any atom is -0.481 e. The zero-order valence-corrected chi connectivity index (χ0v) is 14.5. The average molecular weight is 409 g/mol. The third-order valence-electron chi connectivity index (χ3n) is 3.05. The number of carbonyl (C=O) groups is 2. The molecule has 0 saturated carbocycles. The Morgan fingerprint density at radius 1 is 1.14 bits per heavy atom. The summed E-state index contributed by atoms with van der Waals surface area (Å²) >= 11 is 2.16. The maximum absolute atomic E-state index is 12.2. The van der Waals surface area contributed by atoms with Crippen molar-refractivity contribution in [2.45, 2.75) is 20.0 Å². The number of halogens is 1. The summed E-state index contributed by atoms with van der Waals surface area (Å²) in [5.41, 5.74) is 1.31. The van der Waals surface area contributed by atoms with E-state index in [4.69, 9.17) is 4.74 Å². The fourth-order valence-corrected chi connectivity index (χ4v) is 2.37. The SMILES string of the molecule is CC(=O)c1cccc(O[C@@H](C)C(=O)Nc2ccccc2I)c1. The Balaban J connectivity index is 2.04. The molecule has 0 saturated heterocycles. The first-order chi connectivity index (χ1) is 10.5. The number of ether oxygens (including phenoxy) is 1. The molecule has 0 heterocycles.